The third-order valence-corrected chi connectivity index (χ3v) is 7.43. The lowest BCUT2D eigenvalue weighted by Crippen LogP contribution is -2.14. The molecule has 0 spiro atoms. The van der Waals surface area contributed by atoms with Gasteiger partial charge < -0.3 is 5.32 Å². The van der Waals surface area contributed by atoms with Crippen molar-refractivity contribution in [2.24, 2.45) is 10.9 Å². The Morgan fingerprint density at radius 3 is 2.71 bits per heavy atom. The summed E-state index contributed by atoms with van der Waals surface area (Å²) in [6.07, 6.45) is 16.9. The molecule has 2 aromatic heterocycles. The summed E-state index contributed by atoms with van der Waals surface area (Å²) in [6.45, 7) is 1.92. The van der Waals surface area contributed by atoms with Gasteiger partial charge >= 0.3 is 0 Å². The highest BCUT2D eigenvalue weighted by Crippen LogP contribution is 2.42. The zero-order valence-electron chi connectivity index (χ0n) is 16.9. The van der Waals surface area contributed by atoms with Gasteiger partial charge in [0.15, 0.2) is 5.78 Å². The van der Waals surface area contributed by atoms with E-state index in [2.05, 4.69) is 15.3 Å². The van der Waals surface area contributed by atoms with Crippen LogP contribution in [0.15, 0.2) is 17.3 Å². The molecule has 0 amide bonds. The maximum Gasteiger partial charge on any atom is 0.175 e. The van der Waals surface area contributed by atoms with Crippen LogP contribution in [0.1, 0.15) is 87.2 Å². The van der Waals surface area contributed by atoms with Crippen LogP contribution in [0.4, 0.5) is 11.4 Å². The number of carbonyl (C=O) groups excluding carboxylic acids is 1. The third kappa shape index (κ3) is 4.29. The molecule has 2 aromatic rings. The second-order valence-corrected chi connectivity index (χ2v) is 9.30. The average Bonchev–Trinajstić information content (AvgIpc) is 3.36. The Balaban J connectivity index is 1.60. The zero-order valence-corrected chi connectivity index (χ0v) is 17.7. The summed E-state index contributed by atoms with van der Waals surface area (Å²) in [5.74, 6) is 0.962. The van der Waals surface area contributed by atoms with Crippen LogP contribution in [0.5, 0.6) is 0 Å². The van der Waals surface area contributed by atoms with Crippen molar-refractivity contribution < 1.29 is 4.79 Å². The minimum Gasteiger partial charge on any atom is -0.382 e. The van der Waals surface area contributed by atoms with Crippen LogP contribution in [0.3, 0.4) is 0 Å². The average molecular weight is 398 g/mol. The number of hydrogen-bond donors (Lipinski definition) is 1. The van der Waals surface area contributed by atoms with E-state index >= 15 is 0 Å². The number of anilines is 1. The molecule has 0 aromatic carbocycles. The van der Waals surface area contributed by atoms with Crippen LogP contribution in [-0.2, 0) is 0 Å². The molecule has 1 N–H and O–H groups in total. The summed E-state index contributed by atoms with van der Waals surface area (Å²) < 4.78 is 0. The van der Waals surface area contributed by atoms with Gasteiger partial charge in [-0.05, 0) is 38.2 Å². The Hall–Kier alpha value is -1.75. The van der Waals surface area contributed by atoms with E-state index in [1.807, 2.05) is 19.2 Å². The van der Waals surface area contributed by atoms with Crippen LogP contribution in [0.25, 0.3) is 10.2 Å². The van der Waals surface area contributed by atoms with Gasteiger partial charge in [0, 0.05) is 30.6 Å². The van der Waals surface area contributed by atoms with Gasteiger partial charge in [0.25, 0.3) is 0 Å². The van der Waals surface area contributed by atoms with E-state index in [9.17, 15) is 4.79 Å². The molecule has 2 heterocycles. The number of ketones is 1. The standard InChI is InChI=1S/C23H31N3OS/c1-2-24-21-20-18(26-17-10-6-7-11-17)14-15-25-23(20)28-22(21)19(27)13-12-16-8-4-3-5-9-16/h2,14-17H,3-13H2,1H3,(H,25,26)/b24-2-. The van der Waals surface area contributed by atoms with Crippen molar-refractivity contribution in [1.29, 1.82) is 0 Å². The number of pyridine rings is 1. The van der Waals surface area contributed by atoms with Crippen molar-refractivity contribution in [3.63, 3.8) is 0 Å². The number of nitrogens with zero attached hydrogens (tertiary/aromatic N) is 2. The number of fused-ring (bicyclic) bond motifs is 1. The van der Waals surface area contributed by atoms with Crippen molar-refractivity contribution in [2.75, 3.05) is 5.32 Å². The van der Waals surface area contributed by atoms with E-state index in [1.165, 1.54) is 69.1 Å². The third-order valence-electron chi connectivity index (χ3n) is 6.30. The van der Waals surface area contributed by atoms with Crippen LogP contribution < -0.4 is 5.32 Å². The summed E-state index contributed by atoms with van der Waals surface area (Å²) in [4.78, 5) is 24.0. The van der Waals surface area contributed by atoms with E-state index < -0.39 is 0 Å². The first-order valence-electron chi connectivity index (χ1n) is 11.0. The van der Waals surface area contributed by atoms with E-state index in [0.29, 0.717) is 12.5 Å². The molecular formula is C23H31N3OS. The summed E-state index contributed by atoms with van der Waals surface area (Å²) >= 11 is 1.52. The smallest absolute Gasteiger partial charge is 0.175 e. The summed E-state index contributed by atoms with van der Waals surface area (Å²) in [5, 5.41) is 4.73. The van der Waals surface area contributed by atoms with Gasteiger partial charge in [-0.3, -0.25) is 9.79 Å². The summed E-state index contributed by atoms with van der Waals surface area (Å²) in [6, 6.07) is 2.56. The lowest BCUT2D eigenvalue weighted by Gasteiger charge is -2.20. The highest BCUT2D eigenvalue weighted by molar-refractivity contribution is 7.21. The molecule has 4 nitrogen and oxygen atoms in total. The van der Waals surface area contributed by atoms with Gasteiger partial charge in [-0.25, -0.2) is 4.98 Å². The van der Waals surface area contributed by atoms with Crippen molar-refractivity contribution in [3.05, 3.63) is 17.1 Å². The van der Waals surface area contributed by atoms with Gasteiger partial charge in [-0.2, -0.15) is 0 Å². The number of hydrogen-bond acceptors (Lipinski definition) is 5. The molecule has 0 saturated heterocycles. The highest BCUT2D eigenvalue weighted by atomic mass is 32.1. The monoisotopic (exact) mass is 397 g/mol. The molecule has 0 atom stereocenters. The Labute approximate surface area is 171 Å². The van der Waals surface area contributed by atoms with Crippen molar-refractivity contribution in [2.45, 2.75) is 83.6 Å². The minimum atomic E-state index is 0.237. The van der Waals surface area contributed by atoms with Gasteiger partial charge in [-0.1, -0.05) is 44.9 Å². The molecule has 4 rings (SSSR count). The van der Waals surface area contributed by atoms with E-state index in [4.69, 9.17) is 0 Å². The first kappa shape index (κ1) is 19.6. The number of nitrogens with one attached hydrogen (secondary N) is 1. The SMILES string of the molecule is C/C=N\c1c(C(=O)CCC2CCCCC2)sc2nccc(NC3CCCC3)c12. The molecule has 2 fully saturated rings. The molecule has 150 valence electrons. The Morgan fingerprint density at radius 2 is 1.96 bits per heavy atom. The van der Waals surface area contributed by atoms with Gasteiger partial charge in [0.2, 0.25) is 0 Å². The Morgan fingerprint density at radius 1 is 1.21 bits per heavy atom. The quantitative estimate of drug-likeness (QED) is 0.407. The number of carbonyl (C=O) groups is 1. The number of thiophene rings is 1. The maximum atomic E-state index is 13.1. The van der Waals surface area contributed by atoms with Crippen molar-refractivity contribution in [3.8, 4) is 0 Å². The van der Waals surface area contributed by atoms with Crippen LogP contribution in [0.2, 0.25) is 0 Å². The fraction of sp³-hybridized carbons (Fsp3) is 0.609. The summed E-state index contributed by atoms with van der Waals surface area (Å²) in [7, 11) is 0. The number of rotatable bonds is 7. The Kier molecular flexibility index (Phi) is 6.40. The number of aromatic nitrogens is 1. The number of aliphatic imine (C=N–C) groups is 1. The molecule has 5 heteroatoms. The first-order chi connectivity index (χ1) is 13.8. The lowest BCUT2D eigenvalue weighted by molar-refractivity contribution is 0.0975. The predicted octanol–water partition coefficient (Wildman–Crippen LogP) is 6.92. The van der Waals surface area contributed by atoms with Crippen LogP contribution >= 0.6 is 11.3 Å². The fourth-order valence-corrected chi connectivity index (χ4v) is 5.87. The fourth-order valence-electron chi connectivity index (χ4n) is 4.78. The Bertz CT molecular complexity index is 845. The summed E-state index contributed by atoms with van der Waals surface area (Å²) in [5.41, 5.74) is 1.91. The molecule has 28 heavy (non-hydrogen) atoms. The van der Waals surface area contributed by atoms with Crippen LogP contribution in [-0.4, -0.2) is 23.0 Å². The lowest BCUT2D eigenvalue weighted by atomic mass is 9.85. The second-order valence-electron chi connectivity index (χ2n) is 8.30. The second kappa shape index (κ2) is 9.17. The molecule has 0 unspecified atom stereocenters. The van der Waals surface area contributed by atoms with Gasteiger partial charge in [0.05, 0.1) is 16.0 Å². The molecule has 2 saturated carbocycles. The molecule has 2 aliphatic carbocycles. The van der Waals surface area contributed by atoms with Crippen molar-refractivity contribution >= 4 is 44.9 Å². The van der Waals surface area contributed by atoms with E-state index in [-0.39, 0.29) is 5.78 Å². The molecule has 0 aliphatic heterocycles. The van der Waals surface area contributed by atoms with Gasteiger partial charge in [-0.15, -0.1) is 11.3 Å². The predicted molar refractivity (Wildman–Crippen MR) is 119 cm³/mol. The number of Topliss-reactive ketones (excluding diaryl/α,β-unsaturated/α-hetero) is 1. The maximum absolute atomic E-state index is 13.1. The molecule has 0 bridgehead atoms. The van der Waals surface area contributed by atoms with E-state index in [0.717, 1.165) is 38.8 Å². The van der Waals surface area contributed by atoms with Crippen LogP contribution in [0, 0.1) is 5.92 Å². The molecule has 0 radical (unpaired) electrons. The largest absolute Gasteiger partial charge is 0.382 e. The minimum absolute atomic E-state index is 0.237. The highest BCUT2D eigenvalue weighted by Gasteiger charge is 2.24. The first-order valence-corrected chi connectivity index (χ1v) is 11.8. The molecule has 2 aliphatic rings. The van der Waals surface area contributed by atoms with Gasteiger partial charge in [0.1, 0.15) is 4.83 Å². The van der Waals surface area contributed by atoms with Crippen molar-refractivity contribution in [1.82, 2.24) is 4.98 Å². The topological polar surface area (TPSA) is 54.4 Å². The zero-order chi connectivity index (χ0) is 19.3. The molecular weight excluding hydrogens is 366 g/mol. The normalized spacial score (nSPS) is 19.0. The van der Waals surface area contributed by atoms with E-state index in [1.54, 1.807) is 6.21 Å².